The molecule has 286 valence electrons. The molecule has 0 heterocycles. The predicted molar refractivity (Wildman–Crippen MR) is 225 cm³/mol. The van der Waals surface area contributed by atoms with Crippen molar-refractivity contribution < 1.29 is 19.4 Å². The van der Waals surface area contributed by atoms with Gasteiger partial charge in [0.05, 0.1) is 11.8 Å². The second-order valence-electron chi connectivity index (χ2n) is 16.9. The molecule has 0 fully saturated rings. The third-order valence-corrected chi connectivity index (χ3v) is 11.9. The van der Waals surface area contributed by atoms with Crippen LogP contribution < -0.4 is 0 Å². The maximum Gasteiger partial charge on any atom is 0.314 e. The third-order valence-electron chi connectivity index (χ3n) is 11.9. The number of rotatable bonds is 21. The van der Waals surface area contributed by atoms with Gasteiger partial charge in [0, 0.05) is 11.5 Å². The number of aliphatic carboxylic acids is 1. The van der Waals surface area contributed by atoms with Crippen LogP contribution in [0.4, 0.5) is 0 Å². The Hall–Kier alpha value is -4.18. The Morgan fingerprint density at radius 3 is 1.70 bits per heavy atom. The van der Waals surface area contributed by atoms with Crippen molar-refractivity contribution in [2.24, 2.45) is 23.7 Å². The van der Waals surface area contributed by atoms with Crippen molar-refractivity contribution in [1.82, 2.24) is 0 Å². The summed E-state index contributed by atoms with van der Waals surface area (Å²) in [5.74, 6) is -1.19. The molecule has 0 saturated carbocycles. The molecule has 0 saturated heterocycles. The molecule has 0 radical (unpaired) electrons. The molecule has 4 nitrogen and oxygen atoms in total. The molecule has 4 atom stereocenters. The number of hydrogen-bond donors (Lipinski definition) is 1. The van der Waals surface area contributed by atoms with E-state index in [2.05, 4.69) is 107 Å². The highest BCUT2D eigenvalue weighted by molar-refractivity contribution is 5.99. The zero-order valence-electron chi connectivity index (χ0n) is 33.2. The largest absolute Gasteiger partial charge is 0.481 e. The van der Waals surface area contributed by atoms with Crippen LogP contribution in [0, 0.1) is 23.7 Å². The molecule has 0 amide bonds. The average molecular weight is 727 g/mol. The zero-order valence-corrected chi connectivity index (χ0v) is 33.2. The van der Waals surface area contributed by atoms with Crippen LogP contribution in [0.15, 0.2) is 84.4 Å². The van der Waals surface area contributed by atoms with Crippen molar-refractivity contribution in [3.05, 3.63) is 107 Å². The number of hydrogen-bond acceptors (Lipinski definition) is 3. The first-order valence-electron chi connectivity index (χ1n) is 21.1. The first-order chi connectivity index (χ1) is 26.2. The molecule has 2 aliphatic carbocycles. The molecule has 0 aromatic heterocycles. The van der Waals surface area contributed by atoms with Crippen molar-refractivity contribution in [2.75, 3.05) is 0 Å². The standard InChI is InChI=1S/C50H62O4/c1-34(2)19-11-7-5-9-13-27-40(50(53)54-45-32-31-38-23-15-21-36-24-17-29-41(45)46(36)38)44-33-39-26-16-22-37-25-18-30-42(47(37)39)48(44)43(49(51)52)28-14-10-6-8-12-20-35(3)4/h15-18,21-26,29-35,40,43,45,48H,5-14,19-20,27-28H2,1-4H3,(H,51,52). The molecule has 6 rings (SSSR count). The first-order valence-corrected chi connectivity index (χ1v) is 21.1. The molecule has 0 bridgehead atoms. The molecule has 1 N–H and O–H groups in total. The second-order valence-corrected chi connectivity index (χ2v) is 16.9. The quantitative estimate of drug-likeness (QED) is 0.0686. The van der Waals surface area contributed by atoms with Crippen molar-refractivity contribution in [3.63, 3.8) is 0 Å². The molecule has 2 aliphatic rings. The normalized spacial score (nSPS) is 17.3. The summed E-state index contributed by atoms with van der Waals surface area (Å²) in [7, 11) is 0. The van der Waals surface area contributed by atoms with Gasteiger partial charge in [0.25, 0.3) is 0 Å². The molecular formula is C50H62O4. The lowest BCUT2D eigenvalue weighted by molar-refractivity contribution is -0.151. The predicted octanol–water partition coefficient (Wildman–Crippen LogP) is 13.9. The van der Waals surface area contributed by atoms with Crippen LogP contribution in [0.1, 0.15) is 152 Å². The molecule has 4 unspecified atom stereocenters. The SMILES string of the molecule is CC(C)CCCCCCCC(C(=O)OC1C=Cc2cccc3cccc1c23)C1=Cc2cccc3cccc(c23)C1C(CCCCCCCC(C)C)C(=O)O. The molecule has 0 spiro atoms. The van der Waals surface area contributed by atoms with Crippen molar-refractivity contribution in [1.29, 1.82) is 0 Å². The number of ether oxygens (including phenoxy) is 1. The Kier molecular flexibility index (Phi) is 13.8. The van der Waals surface area contributed by atoms with E-state index < -0.39 is 29.8 Å². The number of carboxylic acid groups (broad SMARTS) is 1. The van der Waals surface area contributed by atoms with Gasteiger partial charge < -0.3 is 9.84 Å². The maximum absolute atomic E-state index is 14.8. The van der Waals surface area contributed by atoms with E-state index in [1.807, 2.05) is 12.1 Å². The van der Waals surface area contributed by atoms with Crippen LogP contribution in [0.25, 0.3) is 33.7 Å². The highest BCUT2D eigenvalue weighted by Gasteiger charge is 2.41. The fraction of sp³-hybridized carbons (Fsp3) is 0.480. The van der Waals surface area contributed by atoms with Gasteiger partial charge in [0.1, 0.15) is 6.10 Å². The van der Waals surface area contributed by atoms with E-state index in [1.54, 1.807) is 0 Å². The Bertz CT molecular complexity index is 1940. The van der Waals surface area contributed by atoms with Gasteiger partial charge in [-0.25, -0.2) is 0 Å². The summed E-state index contributed by atoms with van der Waals surface area (Å²) in [6, 6.07) is 25.1. The lowest BCUT2D eigenvalue weighted by Crippen LogP contribution is -2.32. The van der Waals surface area contributed by atoms with Crippen molar-refractivity contribution >= 4 is 45.6 Å². The zero-order chi connectivity index (χ0) is 38.0. The topological polar surface area (TPSA) is 63.6 Å². The number of carboxylic acids is 1. The van der Waals surface area contributed by atoms with E-state index in [0.29, 0.717) is 24.7 Å². The van der Waals surface area contributed by atoms with Gasteiger partial charge in [-0.15, -0.1) is 0 Å². The fourth-order valence-electron chi connectivity index (χ4n) is 9.11. The number of unbranched alkanes of at least 4 members (excludes halogenated alkanes) is 8. The number of esters is 1. The van der Waals surface area contributed by atoms with E-state index in [0.717, 1.165) is 87.9 Å². The third kappa shape index (κ3) is 9.54. The monoisotopic (exact) mass is 726 g/mol. The van der Waals surface area contributed by atoms with Crippen LogP contribution in [0.3, 0.4) is 0 Å². The van der Waals surface area contributed by atoms with Gasteiger partial charge in [-0.3, -0.25) is 9.59 Å². The lowest BCUT2D eigenvalue weighted by atomic mass is 9.68. The molecule has 4 aromatic carbocycles. The molecular weight excluding hydrogens is 665 g/mol. The van der Waals surface area contributed by atoms with E-state index >= 15 is 0 Å². The number of benzene rings is 4. The van der Waals surface area contributed by atoms with Crippen LogP contribution in [0.5, 0.6) is 0 Å². The van der Waals surface area contributed by atoms with E-state index in [1.165, 1.54) is 38.5 Å². The van der Waals surface area contributed by atoms with E-state index in [9.17, 15) is 14.7 Å². The van der Waals surface area contributed by atoms with Gasteiger partial charge in [0.2, 0.25) is 0 Å². The minimum Gasteiger partial charge on any atom is -0.481 e. The Balaban J connectivity index is 1.31. The van der Waals surface area contributed by atoms with Crippen molar-refractivity contribution in [3.8, 4) is 0 Å². The molecule has 4 heteroatoms. The summed E-state index contributed by atoms with van der Waals surface area (Å²) in [6.45, 7) is 9.10. The number of carbonyl (C=O) groups excluding carboxylic acids is 1. The number of carbonyl (C=O) groups is 2. The minimum atomic E-state index is -0.780. The summed E-state index contributed by atoms with van der Waals surface area (Å²) in [4.78, 5) is 28.2. The molecule has 54 heavy (non-hydrogen) atoms. The van der Waals surface area contributed by atoms with Gasteiger partial charge in [-0.2, -0.15) is 0 Å². The van der Waals surface area contributed by atoms with Crippen LogP contribution >= 0.6 is 0 Å². The average Bonchev–Trinajstić information content (AvgIpc) is 3.15. The smallest absolute Gasteiger partial charge is 0.314 e. The Morgan fingerprint density at radius 2 is 1.11 bits per heavy atom. The molecule has 4 aromatic rings. The van der Waals surface area contributed by atoms with Gasteiger partial charge in [-0.1, -0.05) is 190 Å². The van der Waals surface area contributed by atoms with Crippen LogP contribution in [-0.2, 0) is 14.3 Å². The van der Waals surface area contributed by atoms with Crippen LogP contribution in [-0.4, -0.2) is 17.0 Å². The van der Waals surface area contributed by atoms with E-state index in [-0.39, 0.29) is 5.97 Å². The fourth-order valence-corrected chi connectivity index (χ4v) is 9.11. The summed E-state index contributed by atoms with van der Waals surface area (Å²) >= 11 is 0. The Morgan fingerprint density at radius 1 is 0.611 bits per heavy atom. The summed E-state index contributed by atoms with van der Waals surface area (Å²) < 4.78 is 6.56. The van der Waals surface area contributed by atoms with Gasteiger partial charge in [0.15, 0.2) is 0 Å². The summed E-state index contributed by atoms with van der Waals surface area (Å²) in [6.07, 6.45) is 20.4. The summed E-state index contributed by atoms with van der Waals surface area (Å²) in [5.41, 5.74) is 5.14. The second kappa shape index (κ2) is 18.9. The van der Waals surface area contributed by atoms with Gasteiger partial charge in [-0.05, 0) is 74.6 Å². The van der Waals surface area contributed by atoms with E-state index in [4.69, 9.17) is 4.74 Å². The van der Waals surface area contributed by atoms with Crippen LogP contribution in [0.2, 0.25) is 0 Å². The summed E-state index contributed by atoms with van der Waals surface area (Å²) in [5, 5.41) is 15.5. The lowest BCUT2D eigenvalue weighted by Gasteiger charge is -2.35. The minimum absolute atomic E-state index is 0.252. The highest BCUT2D eigenvalue weighted by Crippen LogP contribution is 2.49. The Labute approximate surface area is 324 Å². The highest BCUT2D eigenvalue weighted by atomic mass is 16.5. The van der Waals surface area contributed by atoms with Gasteiger partial charge >= 0.3 is 11.9 Å². The molecule has 0 aliphatic heterocycles. The van der Waals surface area contributed by atoms with Crippen molar-refractivity contribution in [2.45, 2.75) is 130 Å². The first kappa shape index (κ1) is 39.5. The maximum atomic E-state index is 14.8.